The number of nitrogens with zero attached hydrogens (tertiary/aromatic N) is 3. The fourth-order valence-electron chi connectivity index (χ4n) is 2.85. The van der Waals surface area contributed by atoms with Crippen LogP contribution in [0.15, 0.2) is 64.5 Å². The fraction of sp³-hybridized carbons (Fsp3) is 0.238. The summed E-state index contributed by atoms with van der Waals surface area (Å²) in [5.74, 6) is 2.09. The first-order chi connectivity index (χ1) is 14.9. The molecule has 3 aromatic rings. The van der Waals surface area contributed by atoms with Crippen molar-refractivity contribution >= 4 is 10.0 Å². The largest absolute Gasteiger partial charge is 0.497 e. The molecule has 31 heavy (non-hydrogen) atoms. The first-order valence-corrected chi connectivity index (χ1v) is 10.7. The van der Waals surface area contributed by atoms with E-state index in [1.54, 1.807) is 37.4 Å². The number of aromatic nitrogens is 2. The molecule has 9 nitrogen and oxygen atoms in total. The molecule has 10 heteroatoms. The second-order valence-electron chi connectivity index (χ2n) is 6.34. The van der Waals surface area contributed by atoms with Crippen LogP contribution in [0.4, 0.5) is 0 Å². The predicted molar refractivity (Wildman–Crippen MR) is 114 cm³/mol. The number of benzene rings is 2. The molecule has 0 bridgehead atoms. The molecule has 0 fully saturated rings. The number of sulfonamides is 1. The predicted octanol–water partition coefficient (Wildman–Crippen LogP) is 3.14. The smallest absolute Gasteiger partial charge is 0.243 e. The third-order valence-corrected chi connectivity index (χ3v) is 6.28. The van der Waals surface area contributed by atoms with Gasteiger partial charge in [-0.15, -0.1) is 6.58 Å². The molecule has 0 N–H and O–H groups in total. The van der Waals surface area contributed by atoms with E-state index in [1.807, 2.05) is 0 Å². The Labute approximate surface area is 180 Å². The van der Waals surface area contributed by atoms with Gasteiger partial charge in [-0.05, 0) is 42.5 Å². The Bertz CT molecular complexity index is 1140. The van der Waals surface area contributed by atoms with Gasteiger partial charge in [0.25, 0.3) is 0 Å². The molecule has 1 heterocycles. The molecule has 0 aliphatic heterocycles. The highest BCUT2D eigenvalue weighted by Gasteiger charge is 2.26. The average Bonchev–Trinajstić information content (AvgIpc) is 3.27. The van der Waals surface area contributed by atoms with E-state index in [0.29, 0.717) is 28.6 Å². The molecule has 3 rings (SSSR count). The Morgan fingerprint density at radius 2 is 1.74 bits per heavy atom. The molecular formula is C21H23N3O6S. The monoisotopic (exact) mass is 445 g/mol. The maximum Gasteiger partial charge on any atom is 0.243 e. The van der Waals surface area contributed by atoms with Crippen molar-refractivity contribution in [2.75, 3.05) is 27.9 Å². The average molecular weight is 445 g/mol. The van der Waals surface area contributed by atoms with Crippen LogP contribution < -0.4 is 14.2 Å². The first kappa shape index (κ1) is 22.3. The maximum atomic E-state index is 13.1. The molecule has 0 saturated heterocycles. The van der Waals surface area contributed by atoms with Gasteiger partial charge in [0.05, 0.1) is 32.8 Å². The summed E-state index contributed by atoms with van der Waals surface area (Å²) in [7, 11) is 0.765. The van der Waals surface area contributed by atoms with Gasteiger partial charge in [0.2, 0.25) is 21.7 Å². The van der Waals surface area contributed by atoms with Crippen LogP contribution in [0.25, 0.3) is 11.4 Å². The third kappa shape index (κ3) is 4.86. The van der Waals surface area contributed by atoms with Crippen LogP contribution in [0.2, 0.25) is 0 Å². The number of rotatable bonds is 10. The molecule has 0 radical (unpaired) electrons. The lowest BCUT2D eigenvalue weighted by Gasteiger charge is -2.19. The van der Waals surface area contributed by atoms with Gasteiger partial charge >= 0.3 is 0 Å². The topological polar surface area (TPSA) is 104 Å². The summed E-state index contributed by atoms with van der Waals surface area (Å²) in [5, 5.41) is 3.96. The van der Waals surface area contributed by atoms with Gasteiger partial charge < -0.3 is 18.7 Å². The van der Waals surface area contributed by atoms with Crippen LogP contribution in [-0.2, 0) is 16.6 Å². The summed E-state index contributed by atoms with van der Waals surface area (Å²) in [6.45, 7) is 3.61. The van der Waals surface area contributed by atoms with E-state index in [-0.39, 0.29) is 23.9 Å². The first-order valence-electron chi connectivity index (χ1n) is 9.23. The second kappa shape index (κ2) is 9.63. The quantitative estimate of drug-likeness (QED) is 0.439. The summed E-state index contributed by atoms with van der Waals surface area (Å²) in [4.78, 5) is 4.45. The molecule has 0 atom stereocenters. The third-order valence-electron chi connectivity index (χ3n) is 4.45. The van der Waals surface area contributed by atoms with Gasteiger partial charge in [0.1, 0.15) is 5.75 Å². The summed E-state index contributed by atoms with van der Waals surface area (Å²) in [5.41, 5.74) is 0.640. The molecule has 0 amide bonds. The van der Waals surface area contributed by atoms with E-state index >= 15 is 0 Å². The van der Waals surface area contributed by atoms with Gasteiger partial charge in [-0.1, -0.05) is 11.2 Å². The van der Waals surface area contributed by atoms with Crippen LogP contribution in [0.5, 0.6) is 17.2 Å². The van der Waals surface area contributed by atoms with Gasteiger partial charge in [0.15, 0.2) is 11.5 Å². The Morgan fingerprint density at radius 1 is 1.03 bits per heavy atom. The van der Waals surface area contributed by atoms with Gasteiger partial charge in [-0.2, -0.15) is 9.29 Å². The van der Waals surface area contributed by atoms with Gasteiger partial charge in [0, 0.05) is 12.1 Å². The SMILES string of the molecule is C=CCN(Cc1nc(-c2ccc(OC)c(OC)c2)no1)S(=O)(=O)c1ccc(OC)cc1. The van der Waals surface area contributed by atoms with Crippen LogP contribution in [-0.4, -0.2) is 50.7 Å². The van der Waals surface area contributed by atoms with Crippen LogP contribution in [0.3, 0.4) is 0 Å². The van der Waals surface area contributed by atoms with Gasteiger partial charge in [-0.3, -0.25) is 0 Å². The Morgan fingerprint density at radius 3 is 2.35 bits per heavy atom. The summed E-state index contributed by atoms with van der Waals surface area (Å²) >= 11 is 0. The molecule has 1 aromatic heterocycles. The van der Waals surface area contributed by atoms with Crippen LogP contribution in [0, 0.1) is 0 Å². The maximum absolute atomic E-state index is 13.1. The number of methoxy groups -OCH3 is 3. The van der Waals surface area contributed by atoms with Crippen LogP contribution >= 0.6 is 0 Å². The Kier molecular flexibility index (Phi) is 6.93. The van der Waals surface area contributed by atoms with Crippen molar-refractivity contribution in [2.45, 2.75) is 11.4 Å². The lowest BCUT2D eigenvalue weighted by molar-refractivity contribution is 0.327. The van der Waals surface area contributed by atoms with Crippen molar-refractivity contribution < 1.29 is 27.2 Å². The van der Waals surface area contributed by atoms with E-state index in [9.17, 15) is 8.42 Å². The van der Waals surface area contributed by atoms with Crippen molar-refractivity contribution in [1.29, 1.82) is 0 Å². The molecular weight excluding hydrogens is 422 g/mol. The standard InChI is InChI=1S/C21H23N3O6S/c1-5-12-24(31(25,26)17-9-7-16(27-2)8-10-17)14-20-22-21(23-30-20)15-6-11-18(28-3)19(13-15)29-4/h5-11,13H,1,12,14H2,2-4H3. The van der Waals surface area contributed by atoms with E-state index in [0.717, 1.165) is 0 Å². The molecule has 0 saturated carbocycles. The molecule has 0 unspecified atom stereocenters. The minimum atomic E-state index is -3.82. The Balaban J connectivity index is 1.86. The summed E-state index contributed by atoms with van der Waals surface area (Å²) in [6.07, 6.45) is 1.49. The molecule has 0 aliphatic rings. The van der Waals surface area contributed by atoms with Gasteiger partial charge in [-0.25, -0.2) is 8.42 Å². The minimum Gasteiger partial charge on any atom is -0.497 e. The minimum absolute atomic E-state index is 0.0719. The van der Waals surface area contributed by atoms with E-state index in [2.05, 4.69) is 16.7 Å². The molecule has 0 aliphatic carbocycles. The Hall–Kier alpha value is -3.37. The highest BCUT2D eigenvalue weighted by atomic mass is 32.2. The molecule has 2 aromatic carbocycles. The van der Waals surface area contributed by atoms with Crippen LogP contribution in [0.1, 0.15) is 5.89 Å². The zero-order chi connectivity index (χ0) is 22.4. The van der Waals surface area contributed by atoms with Crippen molar-refractivity contribution in [3.05, 3.63) is 61.0 Å². The lowest BCUT2D eigenvalue weighted by Crippen LogP contribution is -2.31. The van der Waals surface area contributed by atoms with E-state index in [4.69, 9.17) is 18.7 Å². The lowest BCUT2D eigenvalue weighted by atomic mass is 10.2. The normalized spacial score (nSPS) is 11.4. The zero-order valence-corrected chi connectivity index (χ0v) is 18.3. The summed E-state index contributed by atoms with van der Waals surface area (Å²) in [6, 6.07) is 11.3. The second-order valence-corrected chi connectivity index (χ2v) is 8.28. The van der Waals surface area contributed by atoms with Crippen molar-refractivity contribution in [1.82, 2.24) is 14.4 Å². The van der Waals surface area contributed by atoms with E-state index in [1.165, 1.54) is 36.7 Å². The highest BCUT2D eigenvalue weighted by molar-refractivity contribution is 7.89. The summed E-state index contributed by atoms with van der Waals surface area (Å²) < 4.78 is 48.3. The number of hydrogen-bond donors (Lipinski definition) is 0. The molecule has 0 spiro atoms. The van der Waals surface area contributed by atoms with Crippen molar-refractivity contribution in [3.63, 3.8) is 0 Å². The number of hydrogen-bond acceptors (Lipinski definition) is 8. The molecule has 164 valence electrons. The zero-order valence-electron chi connectivity index (χ0n) is 17.4. The fourth-order valence-corrected chi connectivity index (χ4v) is 4.21. The van der Waals surface area contributed by atoms with Crippen molar-refractivity contribution in [3.8, 4) is 28.6 Å². The highest BCUT2D eigenvalue weighted by Crippen LogP contribution is 2.31. The number of ether oxygens (including phenoxy) is 3. The van der Waals surface area contributed by atoms with Crippen molar-refractivity contribution in [2.24, 2.45) is 0 Å². The van der Waals surface area contributed by atoms with E-state index < -0.39 is 10.0 Å².